The monoisotopic (exact) mass is 204 g/mol. The molecular weight excluding hydrogens is 188 g/mol. The van der Waals surface area contributed by atoms with Crippen molar-refractivity contribution < 1.29 is 19.8 Å². The zero-order valence-corrected chi connectivity index (χ0v) is 8.06. The summed E-state index contributed by atoms with van der Waals surface area (Å²) in [5.74, 6) is -1.99. The Morgan fingerprint density at radius 1 is 1.29 bits per heavy atom. The molecule has 0 rings (SSSR count). The van der Waals surface area contributed by atoms with Gasteiger partial charge in [0.15, 0.2) is 0 Å². The highest BCUT2D eigenvalue weighted by atomic mass is 16.4. The first kappa shape index (κ1) is 12.9. The molecule has 14 heavy (non-hydrogen) atoms. The van der Waals surface area contributed by atoms with Crippen molar-refractivity contribution in [2.75, 3.05) is 7.05 Å². The second kappa shape index (κ2) is 6.33. The van der Waals surface area contributed by atoms with E-state index in [-0.39, 0.29) is 0 Å². The minimum atomic E-state index is -1.05. The molecule has 0 radical (unpaired) electrons. The summed E-state index contributed by atoms with van der Waals surface area (Å²) in [7, 11) is 1.55. The molecule has 0 spiro atoms. The van der Waals surface area contributed by atoms with Gasteiger partial charge in [-0.2, -0.15) is 0 Å². The number of rotatable bonds is 7. The van der Waals surface area contributed by atoms with Gasteiger partial charge in [-0.05, 0) is 26.3 Å². The third-order valence-corrected chi connectivity index (χ3v) is 1.97. The van der Waals surface area contributed by atoms with Crippen LogP contribution in [0.1, 0.15) is 19.3 Å². The molecule has 0 saturated carbocycles. The summed E-state index contributed by atoms with van der Waals surface area (Å²) in [6, 6.07) is -1.53. The SMILES string of the molecule is CN[C@@H](CCCC(N)C(=O)O)C(=O)O. The number of carbonyl (C=O) groups is 2. The molecule has 6 nitrogen and oxygen atoms in total. The van der Waals surface area contributed by atoms with Gasteiger partial charge in [0.25, 0.3) is 0 Å². The fourth-order valence-corrected chi connectivity index (χ4v) is 1.06. The van der Waals surface area contributed by atoms with Crippen LogP contribution in [0.3, 0.4) is 0 Å². The maximum Gasteiger partial charge on any atom is 0.320 e. The second-order valence-corrected chi connectivity index (χ2v) is 3.06. The molecule has 82 valence electrons. The molecule has 0 aliphatic heterocycles. The van der Waals surface area contributed by atoms with Gasteiger partial charge in [-0.15, -0.1) is 0 Å². The van der Waals surface area contributed by atoms with E-state index >= 15 is 0 Å². The Hall–Kier alpha value is -1.14. The molecule has 0 aromatic heterocycles. The lowest BCUT2D eigenvalue weighted by Gasteiger charge is -2.11. The number of nitrogens with two attached hydrogens (primary N) is 1. The van der Waals surface area contributed by atoms with Crippen LogP contribution in [-0.2, 0) is 9.59 Å². The van der Waals surface area contributed by atoms with Gasteiger partial charge in [-0.1, -0.05) is 0 Å². The summed E-state index contributed by atoms with van der Waals surface area (Å²) >= 11 is 0. The quantitative estimate of drug-likeness (QED) is 0.433. The van der Waals surface area contributed by atoms with E-state index in [1.54, 1.807) is 7.05 Å². The van der Waals surface area contributed by atoms with Gasteiger partial charge in [0.05, 0.1) is 0 Å². The van der Waals surface area contributed by atoms with Gasteiger partial charge >= 0.3 is 11.9 Å². The molecule has 1 unspecified atom stereocenters. The van der Waals surface area contributed by atoms with E-state index in [2.05, 4.69) is 5.32 Å². The zero-order chi connectivity index (χ0) is 11.1. The third-order valence-electron chi connectivity index (χ3n) is 1.97. The van der Waals surface area contributed by atoms with E-state index in [9.17, 15) is 9.59 Å². The summed E-state index contributed by atoms with van der Waals surface area (Å²) in [4.78, 5) is 20.9. The van der Waals surface area contributed by atoms with Crippen LogP contribution < -0.4 is 11.1 Å². The maximum absolute atomic E-state index is 10.5. The number of nitrogens with one attached hydrogen (secondary N) is 1. The van der Waals surface area contributed by atoms with Crippen LogP contribution in [0.4, 0.5) is 0 Å². The third kappa shape index (κ3) is 4.78. The van der Waals surface area contributed by atoms with Gasteiger partial charge in [0.1, 0.15) is 12.1 Å². The van der Waals surface area contributed by atoms with Gasteiger partial charge in [-0.3, -0.25) is 9.59 Å². The van der Waals surface area contributed by atoms with E-state index in [0.29, 0.717) is 19.3 Å². The summed E-state index contributed by atoms with van der Waals surface area (Å²) < 4.78 is 0. The van der Waals surface area contributed by atoms with Gasteiger partial charge in [0, 0.05) is 0 Å². The largest absolute Gasteiger partial charge is 0.480 e. The Labute approximate surface area is 82.1 Å². The number of aliphatic carboxylic acids is 2. The normalized spacial score (nSPS) is 14.7. The molecule has 0 heterocycles. The van der Waals surface area contributed by atoms with Gasteiger partial charge in [0.2, 0.25) is 0 Å². The Morgan fingerprint density at radius 2 is 1.86 bits per heavy atom. The maximum atomic E-state index is 10.5. The summed E-state index contributed by atoms with van der Waals surface area (Å²) in [5.41, 5.74) is 5.25. The lowest BCUT2D eigenvalue weighted by molar-refractivity contribution is -0.139. The summed E-state index contributed by atoms with van der Waals surface area (Å²) in [6.07, 6.45) is 1.15. The number of hydrogen-bond donors (Lipinski definition) is 4. The first-order valence-electron chi connectivity index (χ1n) is 4.37. The van der Waals surface area contributed by atoms with Crippen LogP contribution in [0.25, 0.3) is 0 Å². The van der Waals surface area contributed by atoms with Crippen molar-refractivity contribution in [3.63, 3.8) is 0 Å². The highest BCUT2D eigenvalue weighted by Gasteiger charge is 2.16. The van der Waals surface area contributed by atoms with Crippen LogP contribution >= 0.6 is 0 Å². The van der Waals surface area contributed by atoms with E-state index < -0.39 is 24.0 Å². The average Bonchev–Trinajstić information content (AvgIpc) is 2.11. The van der Waals surface area contributed by atoms with Crippen LogP contribution in [0.2, 0.25) is 0 Å². The van der Waals surface area contributed by atoms with Crippen molar-refractivity contribution in [2.24, 2.45) is 5.73 Å². The van der Waals surface area contributed by atoms with Crippen LogP contribution in [0.15, 0.2) is 0 Å². The number of carboxylic acid groups (broad SMARTS) is 2. The molecule has 2 atom stereocenters. The van der Waals surface area contributed by atoms with Crippen molar-refractivity contribution in [3.05, 3.63) is 0 Å². The number of carboxylic acids is 2. The predicted octanol–water partition coefficient (Wildman–Crippen LogP) is -0.759. The number of likely N-dealkylation sites (N-methyl/N-ethyl adjacent to an activating group) is 1. The first-order valence-corrected chi connectivity index (χ1v) is 4.37. The molecule has 5 N–H and O–H groups in total. The van der Waals surface area contributed by atoms with E-state index in [4.69, 9.17) is 15.9 Å². The molecule has 0 amide bonds. The van der Waals surface area contributed by atoms with Gasteiger partial charge in [-0.25, -0.2) is 0 Å². The minimum absolute atomic E-state index is 0.292. The predicted molar refractivity (Wildman–Crippen MR) is 49.9 cm³/mol. The second-order valence-electron chi connectivity index (χ2n) is 3.06. The first-order chi connectivity index (χ1) is 6.49. The van der Waals surface area contributed by atoms with Crippen LogP contribution in [0.5, 0.6) is 0 Å². The van der Waals surface area contributed by atoms with Crippen molar-refractivity contribution >= 4 is 11.9 Å². The minimum Gasteiger partial charge on any atom is -0.480 e. The van der Waals surface area contributed by atoms with Crippen LogP contribution in [0, 0.1) is 0 Å². The van der Waals surface area contributed by atoms with Gasteiger partial charge < -0.3 is 21.3 Å². The molecule has 6 heteroatoms. The van der Waals surface area contributed by atoms with E-state index in [0.717, 1.165) is 0 Å². The summed E-state index contributed by atoms with van der Waals surface area (Å²) in [5, 5.41) is 19.7. The topological polar surface area (TPSA) is 113 Å². The molecule has 0 saturated heterocycles. The Morgan fingerprint density at radius 3 is 2.21 bits per heavy atom. The molecule has 0 aromatic rings. The average molecular weight is 204 g/mol. The van der Waals surface area contributed by atoms with Crippen LogP contribution in [-0.4, -0.2) is 41.3 Å². The Kier molecular flexibility index (Phi) is 5.82. The number of hydrogen-bond acceptors (Lipinski definition) is 4. The Balaban J connectivity index is 3.71. The lowest BCUT2D eigenvalue weighted by atomic mass is 10.1. The van der Waals surface area contributed by atoms with Crippen molar-refractivity contribution in [3.8, 4) is 0 Å². The zero-order valence-electron chi connectivity index (χ0n) is 8.06. The summed E-state index contributed by atoms with van der Waals surface area (Å²) in [6.45, 7) is 0. The molecule has 0 bridgehead atoms. The van der Waals surface area contributed by atoms with E-state index in [1.165, 1.54) is 0 Å². The van der Waals surface area contributed by atoms with Crippen molar-refractivity contribution in [1.82, 2.24) is 5.32 Å². The molecule has 0 fully saturated rings. The highest BCUT2D eigenvalue weighted by molar-refractivity contribution is 5.73. The van der Waals surface area contributed by atoms with Crippen molar-refractivity contribution in [2.45, 2.75) is 31.3 Å². The Bertz CT molecular complexity index is 208. The fraction of sp³-hybridized carbons (Fsp3) is 0.750. The van der Waals surface area contributed by atoms with Crippen molar-refractivity contribution in [1.29, 1.82) is 0 Å². The molecule has 0 aromatic carbocycles. The molecule has 0 aliphatic carbocycles. The standard InChI is InChI=1S/C8H16N2O4/c1-10-6(8(13)14)4-2-3-5(9)7(11)12/h5-6,10H,2-4,9H2,1H3,(H,11,12)(H,13,14)/t5?,6-/m0/s1. The molecule has 0 aliphatic rings. The lowest BCUT2D eigenvalue weighted by Crippen LogP contribution is -2.35. The molecular formula is C8H16N2O4. The highest BCUT2D eigenvalue weighted by Crippen LogP contribution is 2.03. The van der Waals surface area contributed by atoms with E-state index in [1.807, 2.05) is 0 Å². The fourth-order valence-electron chi connectivity index (χ4n) is 1.06. The smallest absolute Gasteiger partial charge is 0.320 e.